The number of rotatable bonds is 5. The van der Waals surface area contributed by atoms with Crippen LogP contribution < -0.4 is 5.32 Å². The highest BCUT2D eigenvalue weighted by atomic mass is 35.5. The molecule has 1 aromatic heterocycles. The first-order valence-electron chi connectivity index (χ1n) is 4.66. The number of nitrogens with zero attached hydrogens (tertiary/aromatic N) is 2. The lowest BCUT2D eigenvalue weighted by atomic mass is 10.2. The van der Waals surface area contributed by atoms with E-state index in [9.17, 15) is 0 Å². The number of halogens is 2. The Morgan fingerprint density at radius 1 is 1.36 bits per heavy atom. The largest absolute Gasteiger partial charge is 0.369 e. The Morgan fingerprint density at radius 2 is 2.14 bits per heavy atom. The van der Waals surface area contributed by atoms with Crippen molar-refractivity contribution in [2.75, 3.05) is 11.9 Å². The van der Waals surface area contributed by atoms with Crippen molar-refractivity contribution in [3.63, 3.8) is 0 Å². The van der Waals surface area contributed by atoms with E-state index in [-0.39, 0.29) is 5.28 Å². The molecule has 3 nitrogen and oxygen atoms in total. The van der Waals surface area contributed by atoms with Crippen molar-refractivity contribution >= 4 is 29.0 Å². The van der Waals surface area contributed by atoms with Gasteiger partial charge < -0.3 is 5.32 Å². The molecule has 1 heterocycles. The lowest BCUT2D eigenvalue weighted by molar-refractivity contribution is 0.742. The minimum atomic E-state index is 0.215. The van der Waals surface area contributed by atoms with Crippen LogP contribution in [0.4, 0.5) is 5.82 Å². The van der Waals surface area contributed by atoms with Gasteiger partial charge in [0.05, 0.1) is 6.20 Å². The Labute approximate surface area is 93.9 Å². The van der Waals surface area contributed by atoms with E-state index in [1.807, 2.05) is 0 Å². The second kappa shape index (κ2) is 6.04. The zero-order chi connectivity index (χ0) is 10.4. The van der Waals surface area contributed by atoms with Gasteiger partial charge in [0, 0.05) is 6.54 Å². The van der Waals surface area contributed by atoms with Gasteiger partial charge in [0.1, 0.15) is 10.8 Å². The Kier molecular flexibility index (Phi) is 4.98. The molecule has 0 saturated carbocycles. The standard InChI is InChI=1S/C9H13Cl2N3/c1-2-3-4-5-12-8-7(10)6-13-9(11)14-8/h6H,2-5H2,1H3,(H,12,13,14). The summed E-state index contributed by atoms with van der Waals surface area (Å²) in [6.45, 7) is 3.02. The fourth-order valence-electron chi connectivity index (χ4n) is 1.05. The molecule has 0 aliphatic carbocycles. The molecule has 0 aliphatic rings. The molecule has 14 heavy (non-hydrogen) atoms. The van der Waals surface area contributed by atoms with Gasteiger partial charge in [-0.1, -0.05) is 31.4 Å². The van der Waals surface area contributed by atoms with Crippen LogP contribution in [0.2, 0.25) is 10.3 Å². The van der Waals surface area contributed by atoms with Crippen molar-refractivity contribution < 1.29 is 0 Å². The van der Waals surface area contributed by atoms with Crippen LogP contribution in [0, 0.1) is 0 Å². The van der Waals surface area contributed by atoms with E-state index in [0.29, 0.717) is 10.8 Å². The molecule has 1 rings (SSSR count). The van der Waals surface area contributed by atoms with E-state index in [2.05, 4.69) is 22.2 Å². The molecule has 0 fully saturated rings. The third kappa shape index (κ3) is 3.68. The molecule has 0 radical (unpaired) electrons. The summed E-state index contributed by atoms with van der Waals surface area (Å²) in [6.07, 6.45) is 5.00. The lowest BCUT2D eigenvalue weighted by Gasteiger charge is -2.06. The van der Waals surface area contributed by atoms with E-state index in [4.69, 9.17) is 23.2 Å². The number of aromatic nitrogens is 2. The van der Waals surface area contributed by atoms with Gasteiger partial charge in [0.15, 0.2) is 0 Å². The van der Waals surface area contributed by atoms with Gasteiger partial charge in [-0.3, -0.25) is 0 Å². The number of hydrogen-bond acceptors (Lipinski definition) is 3. The highest BCUT2D eigenvalue weighted by Crippen LogP contribution is 2.19. The summed E-state index contributed by atoms with van der Waals surface area (Å²) in [5.41, 5.74) is 0. The second-order valence-electron chi connectivity index (χ2n) is 2.97. The molecule has 0 unspecified atom stereocenters. The molecule has 0 saturated heterocycles. The monoisotopic (exact) mass is 233 g/mol. The molecule has 78 valence electrons. The Hall–Kier alpha value is -0.540. The van der Waals surface area contributed by atoms with Crippen LogP contribution in [-0.2, 0) is 0 Å². The summed E-state index contributed by atoms with van der Waals surface area (Å²) in [5.74, 6) is 0.614. The van der Waals surface area contributed by atoms with Gasteiger partial charge in [0.25, 0.3) is 0 Å². The van der Waals surface area contributed by atoms with Crippen molar-refractivity contribution in [2.45, 2.75) is 26.2 Å². The van der Waals surface area contributed by atoms with Crippen LogP contribution in [0.25, 0.3) is 0 Å². The molecular formula is C9H13Cl2N3. The first-order chi connectivity index (χ1) is 6.74. The van der Waals surface area contributed by atoms with Crippen LogP contribution in [0.3, 0.4) is 0 Å². The van der Waals surface area contributed by atoms with Crippen molar-refractivity contribution in [3.05, 3.63) is 16.5 Å². The van der Waals surface area contributed by atoms with E-state index in [0.717, 1.165) is 13.0 Å². The van der Waals surface area contributed by atoms with Crippen LogP contribution in [-0.4, -0.2) is 16.5 Å². The van der Waals surface area contributed by atoms with Crippen molar-refractivity contribution in [2.24, 2.45) is 0 Å². The smallest absolute Gasteiger partial charge is 0.224 e. The fourth-order valence-corrected chi connectivity index (χ4v) is 1.34. The van der Waals surface area contributed by atoms with Crippen LogP contribution in [0.1, 0.15) is 26.2 Å². The summed E-state index contributed by atoms with van der Waals surface area (Å²) in [5, 5.41) is 3.84. The molecular weight excluding hydrogens is 221 g/mol. The number of unbranched alkanes of at least 4 members (excludes halogenated alkanes) is 2. The molecule has 0 amide bonds. The summed E-state index contributed by atoms with van der Waals surface area (Å²) in [4.78, 5) is 7.75. The SMILES string of the molecule is CCCCCNc1nc(Cl)ncc1Cl. The van der Waals surface area contributed by atoms with Crippen LogP contribution in [0.5, 0.6) is 0 Å². The van der Waals surface area contributed by atoms with Gasteiger partial charge in [-0.15, -0.1) is 0 Å². The number of hydrogen-bond donors (Lipinski definition) is 1. The van der Waals surface area contributed by atoms with E-state index in [1.54, 1.807) is 0 Å². The Bertz CT molecular complexity index is 291. The molecule has 0 spiro atoms. The Balaban J connectivity index is 2.45. The third-order valence-electron chi connectivity index (χ3n) is 1.79. The molecule has 1 N–H and O–H groups in total. The zero-order valence-electron chi connectivity index (χ0n) is 8.06. The van der Waals surface area contributed by atoms with Gasteiger partial charge in [-0.05, 0) is 18.0 Å². The lowest BCUT2D eigenvalue weighted by Crippen LogP contribution is -2.04. The molecule has 5 heteroatoms. The minimum Gasteiger partial charge on any atom is -0.369 e. The van der Waals surface area contributed by atoms with Gasteiger partial charge in [0.2, 0.25) is 5.28 Å². The van der Waals surface area contributed by atoms with Crippen molar-refractivity contribution in [1.82, 2.24) is 9.97 Å². The fraction of sp³-hybridized carbons (Fsp3) is 0.556. The maximum Gasteiger partial charge on any atom is 0.224 e. The highest BCUT2D eigenvalue weighted by molar-refractivity contribution is 6.33. The van der Waals surface area contributed by atoms with Crippen LogP contribution in [0.15, 0.2) is 6.20 Å². The molecule has 0 aromatic carbocycles. The summed E-state index contributed by atoms with van der Waals surface area (Å²) in [6, 6.07) is 0. The highest BCUT2D eigenvalue weighted by Gasteiger charge is 2.02. The number of anilines is 1. The van der Waals surface area contributed by atoms with Gasteiger partial charge in [-0.25, -0.2) is 4.98 Å². The van der Waals surface area contributed by atoms with E-state index >= 15 is 0 Å². The van der Waals surface area contributed by atoms with E-state index in [1.165, 1.54) is 19.0 Å². The minimum absolute atomic E-state index is 0.215. The summed E-state index contributed by atoms with van der Waals surface area (Å²) < 4.78 is 0. The number of nitrogens with one attached hydrogen (secondary N) is 1. The summed E-state index contributed by atoms with van der Waals surface area (Å²) in [7, 11) is 0. The van der Waals surface area contributed by atoms with Crippen LogP contribution >= 0.6 is 23.2 Å². The quantitative estimate of drug-likeness (QED) is 0.626. The first kappa shape index (κ1) is 11.5. The maximum absolute atomic E-state index is 5.86. The van der Waals surface area contributed by atoms with Crippen molar-refractivity contribution in [1.29, 1.82) is 0 Å². The molecule has 0 atom stereocenters. The third-order valence-corrected chi connectivity index (χ3v) is 2.25. The van der Waals surface area contributed by atoms with Gasteiger partial charge in [-0.2, -0.15) is 4.98 Å². The van der Waals surface area contributed by atoms with E-state index < -0.39 is 0 Å². The topological polar surface area (TPSA) is 37.8 Å². The average Bonchev–Trinajstić information content (AvgIpc) is 2.18. The molecule has 1 aromatic rings. The average molecular weight is 234 g/mol. The molecule has 0 aliphatic heterocycles. The van der Waals surface area contributed by atoms with Gasteiger partial charge >= 0.3 is 0 Å². The maximum atomic E-state index is 5.86. The molecule has 0 bridgehead atoms. The predicted octanol–water partition coefficient (Wildman–Crippen LogP) is 3.39. The second-order valence-corrected chi connectivity index (χ2v) is 3.71. The normalized spacial score (nSPS) is 10.2. The Morgan fingerprint density at radius 3 is 2.86 bits per heavy atom. The summed E-state index contributed by atoms with van der Waals surface area (Å²) >= 11 is 11.5. The predicted molar refractivity (Wildman–Crippen MR) is 60.1 cm³/mol. The van der Waals surface area contributed by atoms with Crippen molar-refractivity contribution in [3.8, 4) is 0 Å². The first-order valence-corrected chi connectivity index (χ1v) is 5.41. The zero-order valence-corrected chi connectivity index (χ0v) is 9.57.